The summed E-state index contributed by atoms with van der Waals surface area (Å²) in [5.41, 5.74) is 1.50. The number of nitrogens with one attached hydrogen (secondary N) is 2. The zero-order valence-electron chi connectivity index (χ0n) is 18.9. The summed E-state index contributed by atoms with van der Waals surface area (Å²) in [6, 6.07) is 10.8. The molecule has 0 atom stereocenters. The Labute approximate surface area is 190 Å². The Bertz CT molecular complexity index is 800. The van der Waals surface area contributed by atoms with Crippen LogP contribution in [0, 0.1) is 0 Å². The highest BCUT2D eigenvalue weighted by Gasteiger charge is 2.06. The van der Waals surface area contributed by atoms with Gasteiger partial charge in [-0.25, -0.2) is 0 Å². The lowest BCUT2D eigenvalue weighted by atomic mass is 10.2. The molecule has 0 spiro atoms. The number of aromatic hydroxyl groups is 2. The van der Waals surface area contributed by atoms with Crippen LogP contribution in [0.15, 0.2) is 46.4 Å². The molecule has 0 saturated carbocycles. The quantitative estimate of drug-likeness (QED) is 0.250. The SMILES string of the molecule is COc1cccc(CN=CCCNCCNCCC=NCc2cccc(OC)c2O)c1O. The molecule has 8 heteroatoms. The van der Waals surface area contributed by atoms with Crippen molar-refractivity contribution in [3.05, 3.63) is 47.5 Å². The lowest BCUT2D eigenvalue weighted by Gasteiger charge is -2.07. The van der Waals surface area contributed by atoms with Crippen LogP contribution in [0.5, 0.6) is 23.0 Å². The van der Waals surface area contributed by atoms with Crippen LogP contribution in [0.3, 0.4) is 0 Å². The standard InChI is InChI=1S/C24H34N4O4/c1-31-21-9-3-7-19(23(21)29)17-27-13-5-11-25-15-16-26-12-6-14-28-18-20-8-4-10-22(32-2)24(20)30/h3-4,7-10,13-14,25-26,29-30H,5-6,11-12,15-18H2,1-2H3. The molecular weight excluding hydrogens is 408 g/mol. The van der Waals surface area contributed by atoms with E-state index in [0.29, 0.717) is 24.6 Å². The summed E-state index contributed by atoms with van der Waals surface area (Å²) >= 11 is 0. The number of benzene rings is 2. The number of nitrogens with zero attached hydrogens (tertiary/aromatic N) is 2. The zero-order chi connectivity index (χ0) is 23.0. The minimum atomic E-state index is 0.153. The number of ether oxygens (including phenoxy) is 2. The van der Waals surface area contributed by atoms with Crippen LogP contribution >= 0.6 is 0 Å². The molecule has 174 valence electrons. The fourth-order valence-electron chi connectivity index (χ4n) is 2.99. The predicted molar refractivity (Wildman–Crippen MR) is 129 cm³/mol. The van der Waals surface area contributed by atoms with Crippen molar-refractivity contribution in [1.29, 1.82) is 0 Å². The minimum absolute atomic E-state index is 0.153. The summed E-state index contributed by atoms with van der Waals surface area (Å²) in [4.78, 5) is 8.71. The molecule has 2 aromatic carbocycles. The Morgan fingerprint density at radius 1 is 0.719 bits per heavy atom. The van der Waals surface area contributed by atoms with Crippen LogP contribution in [0.4, 0.5) is 0 Å². The summed E-state index contributed by atoms with van der Waals surface area (Å²) in [6.07, 6.45) is 5.40. The van der Waals surface area contributed by atoms with Gasteiger partial charge >= 0.3 is 0 Å². The van der Waals surface area contributed by atoms with Gasteiger partial charge in [-0.15, -0.1) is 0 Å². The number of rotatable bonds is 15. The second kappa shape index (κ2) is 14.8. The Hall–Kier alpha value is -3.10. The highest BCUT2D eigenvalue weighted by atomic mass is 16.5. The van der Waals surface area contributed by atoms with Crippen LogP contribution in [-0.4, -0.2) is 63.0 Å². The largest absolute Gasteiger partial charge is 0.504 e. The lowest BCUT2D eigenvalue weighted by molar-refractivity contribution is 0.370. The molecule has 0 aromatic heterocycles. The first kappa shape index (κ1) is 25.2. The highest BCUT2D eigenvalue weighted by Crippen LogP contribution is 2.30. The van der Waals surface area contributed by atoms with Crippen LogP contribution < -0.4 is 20.1 Å². The molecule has 0 bridgehead atoms. The molecule has 32 heavy (non-hydrogen) atoms. The van der Waals surface area contributed by atoms with Gasteiger partial charge < -0.3 is 30.3 Å². The molecule has 0 heterocycles. The van der Waals surface area contributed by atoms with Gasteiger partial charge in [0.1, 0.15) is 0 Å². The minimum Gasteiger partial charge on any atom is -0.504 e. The maximum Gasteiger partial charge on any atom is 0.162 e. The molecule has 2 aromatic rings. The first-order valence-corrected chi connectivity index (χ1v) is 10.7. The van der Waals surface area contributed by atoms with Gasteiger partial charge in [0.05, 0.1) is 27.3 Å². The van der Waals surface area contributed by atoms with Crippen molar-refractivity contribution in [1.82, 2.24) is 10.6 Å². The summed E-state index contributed by atoms with van der Waals surface area (Å²) in [7, 11) is 3.07. The van der Waals surface area contributed by atoms with E-state index in [9.17, 15) is 10.2 Å². The third-order valence-corrected chi connectivity index (χ3v) is 4.77. The van der Waals surface area contributed by atoms with Crippen molar-refractivity contribution < 1.29 is 19.7 Å². The summed E-state index contributed by atoms with van der Waals surface area (Å²) in [5.74, 6) is 1.24. The number of hydrogen-bond acceptors (Lipinski definition) is 8. The highest BCUT2D eigenvalue weighted by molar-refractivity contribution is 5.58. The average Bonchev–Trinajstić information content (AvgIpc) is 2.81. The first-order chi connectivity index (χ1) is 15.7. The molecule has 0 aliphatic rings. The molecule has 0 radical (unpaired) electrons. The molecule has 0 fully saturated rings. The Morgan fingerprint density at radius 2 is 1.16 bits per heavy atom. The first-order valence-electron chi connectivity index (χ1n) is 10.7. The second-order valence-electron chi connectivity index (χ2n) is 7.06. The summed E-state index contributed by atoms with van der Waals surface area (Å²) in [5, 5.41) is 26.8. The number of phenolic OH excluding ortho intramolecular Hbond substituents is 2. The van der Waals surface area contributed by atoms with Gasteiger partial charge in [0.15, 0.2) is 23.0 Å². The van der Waals surface area contributed by atoms with E-state index in [2.05, 4.69) is 20.6 Å². The van der Waals surface area contributed by atoms with Gasteiger partial charge in [0, 0.05) is 49.7 Å². The summed E-state index contributed by atoms with van der Waals surface area (Å²) in [6.45, 7) is 4.31. The van der Waals surface area contributed by atoms with Crippen LogP contribution in [0.1, 0.15) is 24.0 Å². The number of phenols is 2. The predicted octanol–water partition coefficient (Wildman–Crippen LogP) is 2.92. The van der Waals surface area contributed by atoms with E-state index in [0.717, 1.165) is 50.1 Å². The van der Waals surface area contributed by atoms with Gasteiger partial charge in [-0.3, -0.25) is 9.98 Å². The molecule has 0 aliphatic carbocycles. The number of methoxy groups -OCH3 is 2. The van der Waals surface area contributed by atoms with Crippen molar-refractivity contribution in [2.45, 2.75) is 25.9 Å². The Kier molecular flexibility index (Phi) is 11.7. The monoisotopic (exact) mass is 442 g/mol. The molecule has 0 amide bonds. The number of para-hydroxylation sites is 2. The lowest BCUT2D eigenvalue weighted by Crippen LogP contribution is -2.28. The molecule has 2 rings (SSSR count). The van der Waals surface area contributed by atoms with Gasteiger partial charge in [-0.2, -0.15) is 0 Å². The second-order valence-corrected chi connectivity index (χ2v) is 7.06. The van der Waals surface area contributed by atoms with Crippen LogP contribution in [-0.2, 0) is 13.1 Å². The maximum absolute atomic E-state index is 10.0. The van der Waals surface area contributed by atoms with E-state index in [4.69, 9.17) is 9.47 Å². The normalized spacial score (nSPS) is 11.4. The van der Waals surface area contributed by atoms with E-state index >= 15 is 0 Å². The van der Waals surface area contributed by atoms with E-state index in [1.807, 2.05) is 36.7 Å². The van der Waals surface area contributed by atoms with Gasteiger partial charge in [0.25, 0.3) is 0 Å². The fourth-order valence-corrected chi connectivity index (χ4v) is 2.99. The number of hydrogen-bond donors (Lipinski definition) is 4. The third kappa shape index (κ3) is 8.56. The van der Waals surface area contributed by atoms with Gasteiger partial charge in [-0.1, -0.05) is 24.3 Å². The maximum atomic E-state index is 10.0. The molecule has 8 nitrogen and oxygen atoms in total. The van der Waals surface area contributed by atoms with E-state index in [-0.39, 0.29) is 11.5 Å². The zero-order valence-corrected chi connectivity index (χ0v) is 18.9. The molecule has 0 unspecified atom stereocenters. The topological polar surface area (TPSA) is 108 Å². The molecular formula is C24H34N4O4. The molecule has 0 saturated heterocycles. The van der Waals surface area contributed by atoms with Crippen LogP contribution in [0.25, 0.3) is 0 Å². The number of aliphatic imine (C=N–C) groups is 2. The average molecular weight is 443 g/mol. The molecule has 0 aliphatic heterocycles. The smallest absolute Gasteiger partial charge is 0.162 e. The fraction of sp³-hybridized carbons (Fsp3) is 0.417. The van der Waals surface area contributed by atoms with E-state index in [1.54, 1.807) is 12.1 Å². The van der Waals surface area contributed by atoms with Crippen molar-refractivity contribution in [2.24, 2.45) is 9.98 Å². The van der Waals surface area contributed by atoms with Crippen molar-refractivity contribution >= 4 is 12.4 Å². The van der Waals surface area contributed by atoms with Gasteiger partial charge in [0.2, 0.25) is 0 Å². The van der Waals surface area contributed by atoms with Crippen molar-refractivity contribution in [3.8, 4) is 23.0 Å². The molecule has 4 N–H and O–H groups in total. The Balaban J connectivity index is 1.47. The van der Waals surface area contributed by atoms with Gasteiger partial charge in [-0.05, 0) is 25.0 Å². The third-order valence-electron chi connectivity index (χ3n) is 4.77. The Morgan fingerprint density at radius 3 is 1.56 bits per heavy atom. The van der Waals surface area contributed by atoms with Crippen LogP contribution in [0.2, 0.25) is 0 Å². The van der Waals surface area contributed by atoms with E-state index < -0.39 is 0 Å². The van der Waals surface area contributed by atoms with Crippen molar-refractivity contribution in [3.63, 3.8) is 0 Å². The van der Waals surface area contributed by atoms with Crippen molar-refractivity contribution in [2.75, 3.05) is 40.4 Å². The summed E-state index contributed by atoms with van der Waals surface area (Å²) < 4.78 is 10.2. The van der Waals surface area contributed by atoms with E-state index in [1.165, 1.54) is 14.2 Å².